The van der Waals surface area contributed by atoms with Gasteiger partial charge in [0, 0.05) is 10.5 Å². The zero-order valence-electron chi connectivity index (χ0n) is 11.9. The predicted octanol–water partition coefficient (Wildman–Crippen LogP) is 4.13. The minimum Gasteiger partial charge on any atom is -0.326 e. The molecule has 2 atom stereocenters. The van der Waals surface area contributed by atoms with Crippen LogP contribution in [0.4, 0.5) is 0 Å². The molecule has 1 aromatic heterocycles. The zero-order chi connectivity index (χ0) is 14.8. The van der Waals surface area contributed by atoms with Gasteiger partial charge in [0.1, 0.15) is 0 Å². The number of para-hydroxylation sites is 2. The van der Waals surface area contributed by atoms with E-state index in [1.54, 1.807) is 0 Å². The molecule has 3 nitrogen and oxygen atoms in total. The fourth-order valence-corrected chi connectivity index (χ4v) is 3.24. The Balaban J connectivity index is 2.19. The van der Waals surface area contributed by atoms with Gasteiger partial charge < -0.3 is 10.3 Å². The Morgan fingerprint density at radius 1 is 1.14 bits per heavy atom. The molecule has 0 aliphatic heterocycles. The number of rotatable bonds is 4. The van der Waals surface area contributed by atoms with Crippen LogP contribution in [0.15, 0.2) is 59.3 Å². The molecule has 21 heavy (non-hydrogen) atoms. The largest absolute Gasteiger partial charge is 0.326 e. The SMILES string of the molecule is CCC(N)C(c1ccccc1Br)n1cnc2ccccc21. The normalized spacial score (nSPS) is 14.2. The van der Waals surface area contributed by atoms with Crippen molar-refractivity contribution in [2.75, 3.05) is 0 Å². The van der Waals surface area contributed by atoms with E-state index in [-0.39, 0.29) is 12.1 Å². The van der Waals surface area contributed by atoms with Gasteiger partial charge in [-0.05, 0) is 30.2 Å². The molecule has 2 N–H and O–H groups in total. The molecule has 0 radical (unpaired) electrons. The van der Waals surface area contributed by atoms with E-state index < -0.39 is 0 Å². The lowest BCUT2D eigenvalue weighted by atomic mass is 9.97. The van der Waals surface area contributed by atoms with Gasteiger partial charge >= 0.3 is 0 Å². The molecule has 0 bridgehead atoms. The highest BCUT2D eigenvalue weighted by Gasteiger charge is 2.23. The maximum atomic E-state index is 6.43. The molecule has 2 unspecified atom stereocenters. The van der Waals surface area contributed by atoms with Gasteiger partial charge in [-0.25, -0.2) is 4.98 Å². The Morgan fingerprint density at radius 3 is 2.62 bits per heavy atom. The van der Waals surface area contributed by atoms with Gasteiger partial charge in [-0.15, -0.1) is 0 Å². The van der Waals surface area contributed by atoms with E-state index >= 15 is 0 Å². The maximum Gasteiger partial charge on any atom is 0.0964 e. The molecule has 0 amide bonds. The van der Waals surface area contributed by atoms with Crippen molar-refractivity contribution in [1.29, 1.82) is 0 Å². The molecule has 0 aliphatic rings. The van der Waals surface area contributed by atoms with Crippen molar-refractivity contribution in [2.24, 2.45) is 5.73 Å². The van der Waals surface area contributed by atoms with E-state index in [1.807, 2.05) is 30.6 Å². The molecule has 0 saturated heterocycles. The lowest BCUT2D eigenvalue weighted by Crippen LogP contribution is -2.32. The number of nitrogens with zero attached hydrogens (tertiary/aromatic N) is 2. The summed E-state index contributed by atoms with van der Waals surface area (Å²) >= 11 is 3.65. The van der Waals surface area contributed by atoms with Crippen LogP contribution in [0, 0.1) is 0 Å². The Bertz CT molecular complexity index is 750. The van der Waals surface area contributed by atoms with E-state index in [9.17, 15) is 0 Å². The minimum absolute atomic E-state index is 0.0290. The van der Waals surface area contributed by atoms with Crippen molar-refractivity contribution < 1.29 is 0 Å². The van der Waals surface area contributed by atoms with Gasteiger partial charge in [-0.3, -0.25) is 0 Å². The Kier molecular flexibility index (Phi) is 4.08. The Morgan fingerprint density at radius 2 is 1.86 bits per heavy atom. The van der Waals surface area contributed by atoms with Crippen molar-refractivity contribution >= 4 is 27.0 Å². The second-order valence-corrected chi connectivity index (χ2v) is 6.03. The van der Waals surface area contributed by atoms with Crippen LogP contribution in [0.1, 0.15) is 24.9 Å². The monoisotopic (exact) mass is 343 g/mol. The van der Waals surface area contributed by atoms with Gasteiger partial charge in [0.15, 0.2) is 0 Å². The summed E-state index contributed by atoms with van der Waals surface area (Å²) in [6, 6.07) is 16.5. The van der Waals surface area contributed by atoms with Gasteiger partial charge in [-0.2, -0.15) is 0 Å². The Hall–Kier alpha value is -1.65. The first-order chi connectivity index (χ1) is 10.2. The van der Waals surface area contributed by atoms with Crippen LogP contribution in [-0.2, 0) is 0 Å². The van der Waals surface area contributed by atoms with Gasteiger partial charge in [0.05, 0.1) is 23.4 Å². The molecule has 1 heterocycles. The number of hydrogen-bond acceptors (Lipinski definition) is 2. The summed E-state index contributed by atoms with van der Waals surface area (Å²) in [6.07, 6.45) is 2.79. The Labute approximate surface area is 132 Å². The molecule has 0 spiro atoms. The number of halogens is 1. The molecular weight excluding hydrogens is 326 g/mol. The summed E-state index contributed by atoms with van der Waals surface area (Å²) in [4.78, 5) is 4.50. The highest BCUT2D eigenvalue weighted by Crippen LogP contribution is 2.31. The second kappa shape index (κ2) is 6.00. The number of hydrogen-bond donors (Lipinski definition) is 1. The molecule has 0 fully saturated rings. The van der Waals surface area contributed by atoms with Crippen LogP contribution in [0.25, 0.3) is 11.0 Å². The zero-order valence-corrected chi connectivity index (χ0v) is 13.5. The van der Waals surface area contributed by atoms with Crippen molar-refractivity contribution in [3.05, 3.63) is 64.9 Å². The quantitative estimate of drug-likeness (QED) is 0.774. The third-order valence-electron chi connectivity index (χ3n) is 3.88. The van der Waals surface area contributed by atoms with E-state index in [2.05, 4.69) is 56.7 Å². The highest BCUT2D eigenvalue weighted by atomic mass is 79.9. The number of imidazole rings is 1. The van der Waals surface area contributed by atoms with Gasteiger partial charge in [0.25, 0.3) is 0 Å². The first kappa shape index (κ1) is 14.3. The third kappa shape index (κ3) is 2.61. The summed E-state index contributed by atoms with van der Waals surface area (Å²) in [5, 5.41) is 0. The fraction of sp³-hybridized carbons (Fsp3) is 0.235. The van der Waals surface area contributed by atoms with Crippen LogP contribution in [-0.4, -0.2) is 15.6 Å². The van der Waals surface area contributed by atoms with Crippen LogP contribution in [0.3, 0.4) is 0 Å². The average molecular weight is 344 g/mol. The minimum atomic E-state index is 0.0290. The lowest BCUT2D eigenvalue weighted by Gasteiger charge is -2.26. The average Bonchev–Trinajstić information content (AvgIpc) is 2.93. The predicted molar refractivity (Wildman–Crippen MR) is 90.3 cm³/mol. The van der Waals surface area contributed by atoms with E-state index in [0.29, 0.717) is 0 Å². The van der Waals surface area contributed by atoms with Crippen LogP contribution < -0.4 is 5.73 Å². The topological polar surface area (TPSA) is 43.8 Å². The molecule has 4 heteroatoms. The molecule has 2 aromatic carbocycles. The number of fused-ring (bicyclic) bond motifs is 1. The number of nitrogens with two attached hydrogens (primary N) is 1. The summed E-state index contributed by atoms with van der Waals surface area (Å²) < 4.78 is 3.26. The van der Waals surface area contributed by atoms with Crippen molar-refractivity contribution in [2.45, 2.75) is 25.4 Å². The van der Waals surface area contributed by atoms with E-state index in [0.717, 1.165) is 21.9 Å². The summed E-state index contributed by atoms with van der Waals surface area (Å²) in [7, 11) is 0. The summed E-state index contributed by atoms with van der Waals surface area (Å²) in [5.41, 5.74) is 9.73. The van der Waals surface area contributed by atoms with Gasteiger partial charge in [-0.1, -0.05) is 53.2 Å². The van der Waals surface area contributed by atoms with Crippen molar-refractivity contribution in [3.8, 4) is 0 Å². The maximum absolute atomic E-state index is 6.43. The van der Waals surface area contributed by atoms with Crippen molar-refractivity contribution in [1.82, 2.24) is 9.55 Å². The fourth-order valence-electron chi connectivity index (χ4n) is 2.72. The molecule has 3 aromatic rings. The summed E-state index contributed by atoms with van der Waals surface area (Å²) in [6.45, 7) is 2.12. The highest BCUT2D eigenvalue weighted by molar-refractivity contribution is 9.10. The van der Waals surface area contributed by atoms with Crippen LogP contribution in [0.5, 0.6) is 0 Å². The van der Waals surface area contributed by atoms with E-state index in [1.165, 1.54) is 5.56 Å². The molecular formula is C17H18BrN3. The van der Waals surface area contributed by atoms with Crippen LogP contribution >= 0.6 is 15.9 Å². The molecule has 108 valence electrons. The molecule has 0 aliphatic carbocycles. The van der Waals surface area contributed by atoms with Crippen LogP contribution in [0.2, 0.25) is 0 Å². The number of benzene rings is 2. The lowest BCUT2D eigenvalue weighted by molar-refractivity contribution is 0.466. The number of aromatic nitrogens is 2. The molecule has 0 saturated carbocycles. The standard InChI is InChI=1S/C17H18BrN3/c1-2-14(19)17(12-7-3-4-8-13(12)18)21-11-20-15-9-5-6-10-16(15)21/h3-11,14,17H,2,19H2,1H3. The first-order valence-electron chi connectivity index (χ1n) is 7.14. The second-order valence-electron chi connectivity index (χ2n) is 5.18. The summed E-state index contributed by atoms with van der Waals surface area (Å²) in [5.74, 6) is 0. The van der Waals surface area contributed by atoms with E-state index in [4.69, 9.17) is 5.73 Å². The van der Waals surface area contributed by atoms with Gasteiger partial charge in [0.2, 0.25) is 0 Å². The van der Waals surface area contributed by atoms with Crippen molar-refractivity contribution in [3.63, 3.8) is 0 Å². The smallest absolute Gasteiger partial charge is 0.0964 e. The first-order valence-corrected chi connectivity index (χ1v) is 7.93. The molecule has 3 rings (SSSR count). The third-order valence-corrected chi connectivity index (χ3v) is 4.60.